The fraction of sp³-hybridized carbons (Fsp3) is 0.733. The summed E-state index contributed by atoms with van der Waals surface area (Å²) in [5.74, 6) is -0.685. The van der Waals surface area contributed by atoms with Crippen molar-refractivity contribution in [3.63, 3.8) is 0 Å². The summed E-state index contributed by atoms with van der Waals surface area (Å²) in [6.45, 7) is 10.5. The fourth-order valence-corrected chi connectivity index (χ4v) is 3.87. The molecule has 10 nitrogen and oxygen atoms in total. The number of quaternary nitrogens is 1. The van der Waals surface area contributed by atoms with E-state index in [1.807, 2.05) is 20.8 Å². The second-order valence-electron chi connectivity index (χ2n) is 7.69. The van der Waals surface area contributed by atoms with Crippen LogP contribution in [-0.4, -0.2) is 62.1 Å². The Morgan fingerprint density at radius 1 is 1.56 bits per heavy atom. The molecule has 1 amide bonds. The molecule has 1 aliphatic rings. The van der Waals surface area contributed by atoms with Crippen molar-refractivity contribution in [1.82, 2.24) is 5.01 Å². The number of ether oxygens (including phenoxy) is 1. The van der Waals surface area contributed by atoms with Crippen molar-refractivity contribution in [2.75, 3.05) is 13.2 Å². The number of nitro groups is 1. The van der Waals surface area contributed by atoms with Gasteiger partial charge in [0.25, 0.3) is 5.96 Å². The Hall–Kier alpha value is -2.20. The van der Waals surface area contributed by atoms with Gasteiger partial charge in [-0.05, 0) is 39.3 Å². The van der Waals surface area contributed by atoms with Crippen LogP contribution in [0, 0.1) is 15.5 Å². The normalized spacial score (nSPS) is 26.3. The largest absolute Gasteiger partial charge is 0.516 e. The van der Waals surface area contributed by atoms with Gasteiger partial charge in [-0.25, -0.2) is 10.1 Å². The van der Waals surface area contributed by atoms with Crippen LogP contribution in [0.15, 0.2) is 11.6 Å². The number of guanidine groups is 1. The highest BCUT2D eigenvalue weighted by atomic mass is 16.7. The lowest BCUT2D eigenvalue weighted by atomic mass is 9.93. The maximum absolute atomic E-state index is 12.3. The Morgan fingerprint density at radius 3 is 2.44 bits per heavy atom. The smallest absolute Gasteiger partial charge is 0.435 e. The molecule has 0 radical (unpaired) electrons. The van der Waals surface area contributed by atoms with E-state index in [-0.39, 0.29) is 17.6 Å². The number of carboxylic acid groups (broad SMARTS) is 1. The van der Waals surface area contributed by atoms with Crippen LogP contribution in [0.1, 0.15) is 41.5 Å². The van der Waals surface area contributed by atoms with Crippen LogP contribution in [0.2, 0.25) is 0 Å². The maximum Gasteiger partial charge on any atom is 0.516 e. The van der Waals surface area contributed by atoms with Gasteiger partial charge in [0.15, 0.2) is 5.03 Å². The predicted molar refractivity (Wildman–Crippen MR) is 91.2 cm³/mol. The highest BCUT2D eigenvalue weighted by molar-refractivity contribution is 5.73. The third-order valence-corrected chi connectivity index (χ3v) is 4.67. The van der Waals surface area contributed by atoms with Gasteiger partial charge in [0.2, 0.25) is 5.72 Å². The molecule has 0 aromatic heterocycles. The maximum atomic E-state index is 12.3. The van der Waals surface area contributed by atoms with E-state index in [9.17, 15) is 20.0 Å². The Morgan fingerprint density at radius 2 is 2.08 bits per heavy atom. The molecule has 25 heavy (non-hydrogen) atoms. The van der Waals surface area contributed by atoms with Crippen LogP contribution >= 0.6 is 0 Å². The first-order valence-electron chi connectivity index (χ1n) is 7.88. The second-order valence-corrected chi connectivity index (χ2v) is 7.69. The Balaban J connectivity index is 3.33. The first-order valence-corrected chi connectivity index (χ1v) is 7.88. The van der Waals surface area contributed by atoms with Gasteiger partial charge in [-0.1, -0.05) is 5.01 Å². The monoisotopic (exact) mass is 358 g/mol. The van der Waals surface area contributed by atoms with Crippen LogP contribution in [-0.2, 0) is 4.74 Å². The first-order chi connectivity index (χ1) is 11.2. The van der Waals surface area contributed by atoms with Crippen molar-refractivity contribution in [3.05, 3.63) is 21.8 Å². The van der Waals surface area contributed by atoms with Crippen molar-refractivity contribution < 1.29 is 24.2 Å². The molecule has 1 heterocycles. The number of carbonyl (C=O) groups is 1. The fourth-order valence-electron chi connectivity index (χ4n) is 3.87. The summed E-state index contributed by atoms with van der Waals surface area (Å²) in [6.07, 6.45) is 0.648. The molecule has 1 rings (SSSR count). The molecule has 1 saturated heterocycles. The van der Waals surface area contributed by atoms with Gasteiger partial charge < -0.3 is 15.6 Å². The van der Waals surface area contributed by atoms with Crippen LogP contribution in [0.3, 0.4) is 0 Å². The first kappa shape index (κ1) is 20.8. The number of hydrogen-bond acceptors (Lipinski definition) is 5. The summed E-state index contributed by atoms with van der Waals surface area (Å²) in [6, 6.07) is -0.534. The second kappa shape index (κ2) is 6.60. The standard InChI is InChI=1S/C15H27N5O5/c1-10(8-18(12(16)17)19(23)24)7-11-9-25-15(5,6)20(11,13(21)22)14(2,3)4/h7,11H,8-9H2,1-6H3,(H3-,16,17,21,22)/p+1/b10-7+/t11?,20-/m0/s1. The average Bonchev–Trinajstić information content (AvgIpc) is 2.66. The zero-order valence-corrected chi connectivity index (χ0v) is 15.6. The third kappa shape index (κ3) is 3.45. The molecule has 0 aliphatic carbocycles. The molecule has 2 atom stereocenters. The predicted octanol–water partition coefficient (Wildman–Crippen LogP) is 1.75. The summed E-state index contributed by atoms with van der Waals surface area (Å²) in [5.41, 5.74) is 4.10. The lowest BCUT2D eigenvalue weighted by Gasteiger charge is -2.49. The SMILES string of the molecule is C/C(=C\C1COC(C)(C)[N@@+]1(C(=O)O)C(C)(C)C)CN(C(=N)N)[N+](=O)[O-]. The molecule has 142 valence electrons. The van der Waals surface area contributed by atoms with Crippen molar-refractivity contribution in [2.24, 2.45) is 5.73 Å². The minimum atomic E-state index is -1.03. The van der Waals surface area contributed by atoms with Crippen molar-refractivity contribution in [1.29, 1.82) is 5.41 Å². The lowest BCUT2D eigenvalue weighted by molar-refractivity contribution is -0.962. The van der Waals surface area contributed by atoms with Crippen LogP contribution < -0.4 is 5.73 Å². The highest BCUT2D eigenvalue weighted by Crippen LogP contribution is 2.45. The van der Waals surface area contributed by atoms with E-state index in [1.54, 1.807) is 26.8 Å². The number of nitrogens with zero attached hydrogens (tertiary/aromatic N) is 3. The molecule has 1 unspecified atom stereocenters. The van der Waals surface area contributed by atoms with E-state index in [2.05, 4.69) is 0 Å². The topological polar surface area (TPSA) is 143 Å². The summed E-state index contributed by atoms with van der Waals surface area (Å²) < 4.78 is 5.42. The summed E-state index contributed by atoms with van der Waals surface area (Å²) in [5, 5.41) is 28.1. The molecular weight excluding hydrogens is 330 g/mol. The van der Waals surface area contributed by atoms with Gasteiger partial charge in [-0.2, -0.15) is 9.28 Å². The number of rotatable bonds is 4. The molecule has 0 spiro atoms. The molecule has 10 heteroatoms. The quantitative estimate of drug-likeness (QED) is 0.173. The van der Waals surface area contributed by atoms with E-state index in [0.29, 0.717) is 10.6 Å². The highest BCUT2D eigenvalue weighted by Gasteiger charge is 2.67. The molecular formula is C15H28N5O5+. The summed E-state index contributed by atoms with van der Waals surface area (Å²) in [4.78, 5) is 23.3. The zero-order valence-electron chi connectivity index (χ0n) is 15.6. The molecule has 0 bridgehead atoms. The molecule has 0 aromatic carbocycles. The minimum absolute atomic E-state index is 0.173. The molecule has 4 N–H and O–H groups in total. The van der Waals surface area contributed by atoms with Crippen molar-refractivity contribution in [2.45, 2.75) is 58.8 Å². The summed E-state index contributed by atoms with van der Waals surface area (Å²) in [7, 11) is 0. The van der Waals surface area contributed by atoms with Gasteiger partial charge >= 0.3 is 6.09 Å². The van der Waals surface area contributed by atoms with Gasteiger partial charge in [0.05, 0.1) is 0 Å². The van der Waals surface area contributed by atoms with Crippen LogP contribution in [0.25, 0.3) is 0 Å². The lowest BCUT2D eigenvalue weighted by Crippen LogP contribution is -2.73. The minimum Gasteiger partial charge on any atom is -0.435 e. The number of amides is 1. The molecule has 1 fully saturated rings. The van der Waals surface area contributed by atoms with Crippen molar-refractivity contribution >= 4 is 12.1 Å². The van der Waals surface area contributed by atoms with E-state index in [0.717, 1.165) is 0 Å². The zero-order chi connectivity index (χ0) is 19.8. The van der Waals surface area contributed by atoms with E-state index in [4.69, 9.17) is 15.9 Å². The number of nitrogens with one attached hydrogen (secondary N) is 1. The van der Waals surface area contributed by atoms with Gasteiger partial charge in [0.1, 0.15) is 24.7 Å². The third-order valence-electron chi connectivity index (χ3n) is 4.67. The molecule has 0 saturated carbocycles. The number of hydrogen-bond donors (Lipinski definition) is 3. The van der Waals surface area contributed by atoms with E-state index in [1.165, 1.54) is 0 Å². The van der Waals surface area contributed by atoms with Gasteiger partial charge in [0, 0.05) is 13.8 Å². The Kier molecular flexibility index (Phi) is 5.50. The van der Waals surface area contributed by atoms with Crippen molar-refractivity contribution in [3.8, 4) is 0 Å². The molecule has 1 aliphatic heterocycles. The number of nitrogens with two attached hydrogens (primary N) is 1. The number of hydrazine groups is 1. The average molecular weight is 358 g/mol. The Labute approximate surface area is 147 Å². The van der Waals surface area contributed by atoms with Gasteiger partial charge in [-0.15, -0.1) is 0 Å². The Bertz CT molecular complexity index is 596. The van der Waals surface area contributed by atoms with Crippen LogP contribution in [0.5, 0.6) is 0 Å². The van der Waals surface area contributed by atoms with E-state index < -0.39 is 34.4 Å². The van der Waals surface area contributed by atoms with Gasteiger partial charge in [-0.3, -0.25) is 5.41 Å². The van der Waals surface area contributed by atoms with E-state index >= 15 is 0 Å². The summed E-state index contributed by atoms with van der Waals surface area (Å²) >= 11 is 0. The van der Waals surface area contributed by atoms with Crippen LogP contribution in [0.4, 0.5) is 4.79 Å². The molecule has 0 aromatic rings.